The van der Waals surface area contributed by atoms with Crippen LogP contribution < -0.4 is 0 Å². The van der Waals surface area contributed by atoms with Crippen LogP contribution in [0.3, 0.4) is 0 Å². The lowest BCUT2D eigenvalue weighted by atomic mass is 10.2. The Balaban J connectivity index is 1.90. The second-order valence-corrected chi connectivity index (χ2v) is 8.52. The summed E-state index contributed by atoms with van der Waals surface area (Å²) >= 11 is 4.88. The minimum Gasteiger partial charge on any atom is -0.457 e. The lowest BCUT2D eigenvalue weighted by Gasteiger charge is -2.20. The van der Waals surface area contributed by atoms with Crippen LogP contribution >= 0.6 is 27.7 Å². The highest BCUT2D eigenvalue weighted by atomic mass is 79.9. The van der Waals surface area contributed by atoms with E-state index in [4.69, 9.17) is 4.42 Å². The van der Waals surface area contributed by atoms with Gasteiger partial charge >= 0.3 is 0 Å². The molecule has 0 radical (unpaired) electrons. The molecule has 3 rings (SSSR count). The van der Waals surface area contributed by atoms with E-state index in [0.717, 1.165) is 21.0 Å². The molecule has 0 unspecified atom stereocenters. The Kier molecular flexibility index (Phi) is 5.73. The third-order valence-electron chi connectivity index (χ3n) is 3.73. The number of halogens is 1. The van der Waals surface area contributed by atoms with E-state index in [1.165, 1.54) is 11.8 Å². The van der Waals surface area contributed by atoms with Gasteiger partial charge in [0.15, 0.2) is 5.17 Å². The molecular formula is C20H21BrN2O2S. The molecule has 1 aromatic carbocycles. The Morgan fingerprint density at radius 3 is 2.62 bits per heavy atom. The normalized spacial score (nSPS) is 18.1. The minimum atomic E-state index is -0.0233. The summed E-state index contributed by atoms with van der Waals surface area (Å²) in [6, 6.07) is 11.9. The summed E-state index contributed by atoms with van der Waals surface area (Å²) < 4.78 is 6.92. The Bertz CT molecular complexity index is 883. The Morgan fingerprint density at radius 1 is 1.19 bits per heavy atom. The van der Waals surface area contributed by atoms with Crippen LogP contribution in [-0.2, 0) is 4.79 Å². The fraction of sp³-hybridized carbons (Fsp3) is 0.300. The molecule has 0 aliphatic carbocycles. The lowest BCUT2D eigenvalue weighted by molar-refractivity contribution is -0.123. The highest BCUT2D eigenvalue weighted by Crippen LogP contribution is 2.35. The van der Waals surface area contributed by atoms with E-state index >= 15 is 0 Å². The maximum absolute atomic E-state index is 12.8. The molecule has 0 spiro atoms. The fourth-order valence-electron chi connectivity index (χ4n) is 2.61. The first kappa shape index (κ1) is 19.0. The number of carbonyl (C=O) groups excluding carboxylic acids is 1. The predicted molar refractivity (Wildman–Crippen MR) is 112 cm³/mol. The second kappa shape index (κ2) is 7.84. The van der Waals surface area contributed by atoms with E-state index in [1.54, 1.807) is 11.0 Å². The van der Waals surface area contributed by atoms with Crippen LogP contribution in [0.4, 0.5) is 0 Å². The minimum absolute atomic E-state index is 0.0233. The summed E-state index contributed by atoms with van der Waals surface area (Å²) in [6.07, 6.45) is 1.80. The molecule has 1 amide bonds. The van der Waals surface area contributed by atoms with Crippen molar-refractivity contribution in [3.8, 4) is 11.3 Å². The van der Waals surface area contributed by atoms with Crippen molar-refractivity contribution in [2.24, 2.45) is 4.99 Å². The van der Waals surface area contributed by atoms with Gasteiger partial charge in [-0.15, -0.1) is 0 Å². The van der Waals surface area contributed by atoms with Crippen LogP contribution in [0.2, 0.25) is 0 Å². The molecule has 1 aromatic heterocycles. The number of nitrogens with zero attached hydrogens (tertiary/aromatic N) is 2. The number of aliphatic imine (C=N–C) groups is 1. The first-order chi connectivity index (χ1) is 12.3. The molecule has 1 aliphatic heterocycles. The average Bonchev–Trinajstić information content (AvgIpc) is 3.12. The SMILES string of the molecule is CC(C)N=C1S/C(=C/c2ccc(-c3cccc(Br)c3)o2)C(=O)N1C(C)C. The van der Waals surface area contributed by atoms with Gasteiger partial charge in [0.25, 0.3) is 5.91 Å². The van der Waals surface area contributed by atoms with Crippen molar-refractivity contribution >= 4 is 44.8 Å². The molecule has 1 fully saturated rings. The quantitative estimate of drug-likeness (QED) is 0.573. The Hall–Kier alpha value is -1.79. The van der Waals surface area contributed by atoms with Gasteiger partial charge in [0, 0.05) is 28.2 Å². The van der Waals surface area contributed by atoms with Crippen molar-refractivity contribution in [1.82, 2.24) is 4.90 Å². The van der Waals surface area contributed by atoms with Gasteiger partial charge in [-0.25, -0.2) is 0 Å². The van der Waals surface area contributed by atoms with Gasteiger partial charge in [-0.05, 0) is 63.7 Å². The average molecular weight is 433 g/mol. The molecule has 0 N–H and O–H groups in total. The summed E-state index contributed by atoms with van der Waals surface area (Å²) in [5.41, 5.74) is 0.986. The molecule has 2 heterocycles. The molecule has 4 nitrogen and oxygen atoms in total. The maximum atomic E-state index is 12.8. The third kappa shape index (κ3) is 4.13. The van der Waals surface area contributed by atoms with Crippen LogP contribution in [0.5, 0.6) is 0 Å². The standard InChI is InChI=1S/C20H21BrN2O2S/c1-12(2)22-20-23(13(3)4)19(24)18(26-20)11-16-8-9-17(25-16)14-6-5-7-15(21)10-14/h5-13H,1-4H3/b18-11+,22-20?. The summed E-state index contributed by atoms with van der Waals surface area (Å²) in [5.74, 6) is 1.40. The van der Waals surface area contributed by atoms with E-state index in [9.17, 15) is 4.79 Å². The summed E-state index contributed by atoms with van der Waals surface area (Å²) in [5, 5.41) is 0.755. The van der Waals surface area contributed by atoms with Crippen molar-refractivity contribution in [3.63, 3.8) is 0 Å². The number of thioether (sulfide) groups is 1. The van der Waals surface area contributed by atoms with E-state index in [2.05, 4.69) is 20.9 Å². The van der Waals surface area contributed by atoms with Crippen molar-refractivity contribution in [1.29, 1.82) is 0 Å². The van der Waals surface area contributed by atoms with Crippen molar-refractivity contribution in [2.75, 3.05) is 0 Å². The molecule has 0 bridgehead atoms. The summed E-state index contributed by atoms with van der Waals surface area (Å²) in [4.78, 5) is 19.7. The van der Waals surface area contributed by atoms with E-state index < -0.39 is 0 Å². The van der Waals surface area contributed by atoms with Crippen LogP contribution in [0.1, 0.15) is 33.5 Å². The summed E-state index contributed by atoms with van der Waals surface area (Å²) in [6.45, 7) is 8.01. The molecule has 2 aromatic rings. The van der Waals surface area contributed by atoms with Crippen LogP contribution in [-0.4, -0.2) is 28.1 Å². The number of carbonyl (C=O) groups is 1. The lowest BCUT2D eigenvalue weighted by Crippen LogP contribution is -2.35. The zero-order valence-corrected chi connectivity index (χ0v) is 17.6. The zero-order chi connectivity index (χ0) is 18.8. The van der Waals surface area contributed by atoms with E-state index in [0.29, 0.717) is 10.7 Å². The number of amidine groups is 1. The zero-order valence-electron chi connectivity index (χ0n) is 15.2. The van der Waals surface area contributed by atoms with Gasteiger partial charge in [0.2, 0.25) is 0 Å². The molecule has 0 saturated carbocycles. The highest BCUT2D eigenvalue weighted by Gasteiger charge is 2.35. The number of amides is 1. The largest absolute Gasteiger partial charge is 0.457 e. The van der Waals surface area contributed by atoms with Crippen molar-refractivity contribution in [3.05, 3.63) is 51.5 Å². The fourth-order valence-corrected chi connectivity index (χ4v) is 4.22. The van der Waals surface area contributed by atoms with Crippen LogP contribution in [0.15, 0.2) is 55.2 Å². The van der Waals surface area contributed by atoms with Gasteiger partial charge in [-0.2, -0.15) is 0 Å². The van der Waals surface area contributed by atoms with Crippen molar-refractivity contribution in [2.45, 2.75) is 39.8 Å². The summed E-state index contributed by atoms with van der Waals surface area (Å²) in [7, 11) is 0. The highest BCUT2D eigenvalue weighted by molar-refractivity contribution is 9.10. The Morgan fingerprint density at radius 2 is 1.96 bits per heavy atom. The smallest absolute Gasteiger partial charge is 0.267 e. The van der Waals surface area contributed by atoms with Gasteiger partial charge in [0.1, 0.15) is 11.5 Å². The number of rotatable bonds is 4. The Labute approximate surface area is 166 Å². The molecular weight excluding hydrogens is 412 g/mol. The maximum Gasteiger partial charge on any atom is 0.267 e. The molecule has 1 aliphatic rings. The van der Waals surface area contributed by atoms with Crippen molar-refractivity contribution < 1.29 is 9.21 Å². The topological polar surface area (TPSA) is 45.8 Å². The molecule has 26 heavy (non-hydrogen) atoms. The van der Waals surface area contributed by atoms with E-state index in [1.807, 2.05) is 64.1 Å². The number of furan rings is 1. The second-order valence-electron chi connectivity index (χ2n) is 6.60. The monoisotopic (exact) mass is 432 g/mol. The van der Waals surface area contributed by atoms with Gasteiger partial charge < -0.3 is 4.42 Å². The number of hydrogen-bond acceptors (Lipinski definition) is 4. The first-order valence-corrected chi connectivity index (χ1v) is 10.1. The first-order valence-electron chi connectivity index (χ1n) is 8.52. The van der Waals surface area contributed by atoms with Gasteiger partial charge in [-0.3, -0.25) is 14.7 Å². The predicted octanol–water partition coefficient (Wildman–Crippen LogP) is 5.80. The molecule has 6 heteroatoms. The van der Waals surface area contributed by atoms with Crippen LogP contribution in [0, 0.1) is 0 Å². The van der Waals surface area contributed by atoms with E-state index in [-0.39, 0.29) is 18.0 Å². The number of benzene rings is 1. The molecule has 0 atom stereocenters. The van der Waals surface area contributed by atoms with Crippen LogP contribution in [0.25, 0.3) is 17.4 Å². The van der Waals surface area contributed by atoms with Gasteiger partial charge in [-0.1, -0.05) is 28.1 Å². The molecule has 1 saturated heterocycles. The number of hydrogen-bond donors (Lipinski definition) is 0. The van der Waals surface area contributed by atoms with Gasteiger partial charge in [0.05, 0.1) is 4.91 Å². The molecule has 136 valence electrons. The third-order valence-corrected chi connectivity index (χ3v) is 5.22.